The van der Waals surface area contributed by atoms with Crippen LogP contribution >= 0.6 is 19.6 Å². The normalized spacial score (nSPS) is 14.7. The molecular weight excluding hydrogens is 465 g/mol. The highest BCUT2D eigenvalue weighted by molar-refractivity contribution is 7.99. The Kier molecular flexibility index (Phi) is 22.5. The largest absolute Gasteiger partial charge is 0.472 e. The standard InChI is InChI=1S/C27H56NO4PS/c1-6-8-9-10-11-12-13-14-15-16-17-18-19-20-24-34-26-27(21-7-2)25-32-33(29,30)31-23-22-28(3,4)5/h7,27H,2,6,8-26H2,1,3-5H3/p+1. The quantitative estimate of drug-likeness (QED) is 0.0536. The summed E-state index contributed by atoms with van der Waals surface area (Å²) in [5.74, 6) is 2.25. The summed E-state index contributed by atoms with van der Waals surface area (Å²) in [4.78, 5) is 9.91. The minimum Gasteiger partial charge on any atom is -0.329 e. The Morgan fingerprint density at radius 3 is 1.85 bits per heavy atom. The van der Waals surface area contributed by atoms with Crippen molar-refractivity contribution in [1.29, 1.82) is 0 Å². The molecule has 0 aliphatic carbocycles. The molecule has 0 aromatic heterocycles. The second-order valence-corrected chi connectivity index (χ2v) is 13.3. The van der Waals surface area contributed by atoms with E-state index in [1.165, 1.54) is 89.9 Å². The Bertz CT molecular complexity index is 513. The fraction of sp³-hybridized carbons (Fsp3) is 0.926. The molecule has 0 heterocycles. The number of quaternary nitrogens is 1. The van der Waals surface area contributed by atoms with E-state index >= 15 is 0 Å². The lowest BCUT2D eigenvalue weighted by atomic mass is 10.0. The monoisotopic (exact) mass is 522 g/mol. The smallest absolute Gasteiger partial charge is 0.329 e. The Balaban J connectivity index is 3.65. The van der Waals surface area contributed by atoms with Gasteiger partial charge in [0.15, 0.2) is 0 Å². The fourth-order valence-corrected chi connectivity index (χ4v) is 5.66. The van der Waals surface area contributed by atoms with Gasteiger partial charge in [0.1, 0.15) is 13.2 Å². The topological polar surface area (TPSA) is 55.8 Å². The first-order valence-corrected chi connectivity index (χ1v) is 16.5. The van der Waals surface area contributed by atoms with Crippen LogP contribution in [0.4, 0.5) is 0 Å². The van der Waals surface area contributed by atoms with Gasteiger partial charge in [0.05, 0.1) is 27.7 Å². The molecule has 0 aromatic rings. The number of hydrogen-bond acceptors (Lipinski definition) is 4. The van der Waals surface area contributed by atoms with E-state index in [4.69, 9.17) is 9.05 Å². The van der Waals surface area contributed by atoms with Crippen molar-refractivity contribution in [3.63, 3.8) is 0 Å². The molecule has 0 bridgehead atoms. The van der Waals surface area contributed by atoms with Gasteiger partial charge in [0.2, 0.25) is 0 Å². The molecule has 0 amide bonds. The van der Waals surface area contributed by atoms with E-state index in [0.29, 0.717) is 11.0 Å². The van der Waals surface area contributed by atoms with E-state index in [-0.39, 0.29) is 19.1 Å². The second kappa shape index (κ2) is 22.4. The summed E-state index contributed by atoms with van der Waals surface area (Å²) < 4.78 is 23.1. The van der Waals surface area contributed by atoms with Gasteiger partial charge in [-0.15, -0.1) is 6.58 Å². The Morgan fingerprint density at radius 1 is 0.882 bits per heavy atom. The van der Waals surface area contributed by atoms with Crippen molar-refractivity contribution in [2.75, 3.05) is 52.4 Å². The number of unbranched alkanes of at least 4 members (excludes halogenated alkanes) is 13. The van der Waals surface area contributed by atoms with Crippen LogP contribution in [0.1, 0.15) is 103 Å². The Morgan fingerprint density at radius 2 is 1.38 bits per heavy atom. The number of phosphoric acid groups is 1. The minimum atomic E-state index is -3.99. The molecule has 1 N–H and O–H groups in total. The zero-order chi connectivity index (χ0) is 25.5. The summed E-state index contributed by atoms with van der Waals surface area (Å²) >= 11 is 1.91. The summed E-state index contributed by atoms with van der Waals surface area (Å²) in [6, 6.07) is 0. The SMILES string of the molecule is C=CCC(COP(=O)(O)OCC[N+](C)(C)C)CSCCCCCCCCCCCCCCCC. The van der Waals surface area contributed by atoms with Crippen molar-refractivity contribution in [3.8, 4) is 0 Å². The number of nitrogens with zero attached hydrogens (tertiary/aromatic N) is 1. The molecule has 2 unspecified atom stereocenters. The van der Waals surface area contributed by atoms with Gasteiger partial charge in [-0.3, -0.25) is 9.05 Å². The molecule has 204 valence electrons. The van der Waals surface area contributed by atoms with Crippen molar-refractivity contribution in [1.82, 2.24) is 0 Å². The molecule has 0 rings (SSSR count). The van der Waals surface area contributed by atoms with E-state index < -0.39 is 7.82 Å². The minimum absolute atomic E-state index is 0.191. The zero-order valence-corrected chi connectivity index (χ0v) is 24.7. The molecule has 0 aliphatic rings. The van der Waals surface area contributed by atoms with Gasteiger partial charge in [-0.1, -0.05) is 96.5 Å². The summed E-state index contributed by atoms with van der Waals surface area (Å²) in [5.41, 5.74) is 0. The van der Waals surface area contributed by atoms with Crippen LogP contribution in [0.2, 0.25) is 0 Å². The highest BCUT2D eigenvalue weighted by Gasteiger charge is 2.24. The predicted octanol–water partition coefficient (Wildman–Crippen LogP) is 8.23. The zero-order valence-electron chi connectivity index (χ0n) is 23.0. The van der Waals surface area contributed by atoms with Crippen molar-refractivity contribution in [2.24, 2.45) is 5.92 Å². The van der Waals surface area contributed by atoms with Crippen LogP contribution < -0.4 is 0 Å². The highest BCUT2D eigenvalue weighted by atomic mass is 32.2. The van der Waals surface area contributed by atoms with Crippen molar-refractivity contribution in [3.05, 3.63) is 12.7 Å². The number of rotatable bonds is 26. The van der Waals surface area contributed by atoms with Gasteiger partial charge >= 0.3 is 7.82 Å². The van der Waals surface area contributed by atoms with Crippen molar-refractivity contribution in [2.45, 2.75) is 103 Å². The molecule has 0 spiro atoms. The molecular formula is C27H57NO4PS+. The molecule has 0 aliphatic heterocycles. The van der Waals surface area contributed by atoms with Gasteiger partial charge in [-0.05, 0) is 30.3 Å². The Hall–Kier alpha value is 0.160. The third-order valence-electron chi connectivity index (χ3n) is 5.99. The maximum absolute atomic E-state index is 12.1. The van der Waals surface area contributed by atoms with Crippen LogP contribution in [0.25, 0.3) is 0 Å². The van der Waals surface area contributed by atoms with E-state index in [2.05, 4.69) is 13.5 Å². The number of thioether (sulfide) groups is 1. The highest BCUT2D eigenvalue weighted by Crippen LogP contribution is 2.43. The van der Waals surface area contributed by atoms with Gasteiger partial charge in [0, 0.05) is 0 Å². The van der Waals surface area contributed by atoms with Crippen LogP contribution in [-0.2, 0) is 13.6 Å². The summed E-state index contributed by atoms with van der Waals surface area (Å²) in [6.45, 7) is 7.18. The molecule has 0 saturated carbocycles. The lowest BCUT2D eigenvalue weighted by molar-refractivity contribution is -0.870. The molecule has 0 radical (unpaired) electrons. The molecule has 2 atom stereocenters. The first-order chi connectivity index (χ1) is 16.2. The lowest BCUT2D eigenvalue weighted by Crippen LogP contribution is -2.37. The number of allylic oxidation sites excluding steroid dienone is 1. The van der Waals surface area contributed by atoms with Gasteiger partial charge in [-0.2, -0.15) is 11.8 Å². The van der Waals surface area contributed by atoms with E-state index in [1.54, 1.807) is 0 Å². The van der Waals surface area contributed by atoms with Crippen LogP contribution in [-0.4, -0.2) is 61.8 Å². The van der Waals surface area contributed by atoms with Crippen LogP contribution in [0.15, 0.2) is 12.7 Å². The number of likely N-dealkylation sites (N-methyl/N-ethyl adjacent to an activating group) is 1. The van der Waals surface area contributed by atoms with Crippen LogP contribution in [0, 0.1) is 5.92 Å². The van der Waals surface area contributed by atoms with Crippen molar-refractivity contribution >= 4 is 19.6 Å². The molecule has 5 nitrogen and oxygen atoms in total. The number of phosphoric ester groups is 1. The molecule has 0 aromatic carbocycles. The summed E-state index contributed by atoms with van der Waals surface area (Å²) in [5, 5.41) is 0. The van der Waals surface area contributed by atoms with Gasteiger partial charge < -0.3 is 9.38 Å². The maximum atomic E-state index is 12.1. The lowest BCUT2D eigenvalue weighted by Gasteiger charge is -2.24. The van der Waals surface area contributed by atoms with Crippen LogP contribution in [0.5, 0.6) is 0 Å². The predicted molar refractivity (Wildman–Crippen MR) is 151 cm³/mol. The third-order valence-corrected chi connectivity index (χ3v) is 8.25. The molecule has 34 heavy (non-hydrogen) atoms. The van der Waals surface area contributed by atoms with Crippen LogP contribution in [0.3, 0.4) is 0 Å². The van der Waals surface area contributed by atoms with E-state index in [0.717, 1.165) is 17.9 Å². The average molecular weight is 523 g/mol. The maximum Gasteiger partial charge on any atom is 0.472 e. The summed E-state index contributed by atoms with van der Waals surface area (Å²) in [7, 11) is 2.06. The van der Waals surface area contributed by atoms with Crippen molar-refractivity contribution < 1.29 is 23.0 Å². The van der Waals surface area contributed by atoms with E-state index in [9.17, 15) is 9.46 Å². The second-order valence-electron chi connectivity index (χ2n) is 10.7. The molecule has 0 saturated heterocycles. The Labute approximate surface area is 216 Å². The average Bonchev–Trinajstić information content (AvgIpc) is 2.76. The summed E-state index contributed by atoms with van der Waals surface area (Å²) in [6.07, 6.45) is 22.0. The fourth-order valence-electron chi connectivity index (χ4n) is 3.74. The molecule has 0 fully saturated rings. The third kappa shape index (κ3) is 25.3. The van der Waals surface area contributed by atoms with Gasteiger partial charge in [-0.25, -0.2) is 4.57 Å². The number of hydrogen-bond donors (Lipinski definition) is 1. The first-order valence-electron chi connectivity index (χ1n) is 13.8. The van der Waals surface area contributed by atoms with E-state index in [1.807, 2.05) is 39.0 Å². The first kappa shape index (κ1) is 34.2. The van der Waals surface area contributed by atoms with Gasteiger partial charge in [0.25, 0.3) is 0 Å². The molecule has 7 heteroatoms.